The number of halogens is 1. The average molecular weight is 469 g/mol. The van der Waals surface area contributed by atoms with Crippen LogP contribution in [0.1, 0.15) is 11.3 Å². The Balaban J connectivity index is 1.54. The summed E-state index contributed by atoms with van der Waals surface area (Å²) in [5.41, 5.74) is 2.46. The molecule has 0 saturated carbocycles. The van der Waals surface area contributed by atoms with Gasteiger partial charge in [0, 0.05) is 16.3 Å². The van der Waals surface area contributed by atoms with Crippen molar-refractivity contribution < 1.29 is 13.9 Å². The van der Waals surface area contributed by atoms with Crippen LogP contribution in [-0.4, -0.2) is 33.5 Å². The minimum absolute atomic E-state index is 0.162. The molecule has 0 radical (unpaired) electrons. The van der Waals surface area contributed by atoms with Crippen molar-refractivity contribution in [1.82, 2.24) is 14.8 Å². The number of nitrogens with one attached hydrogen (secondary N) is 1. The summed E-state index contributed by atoms with van der Waals surface area (Å²) in [5, 5.41) is 12.8. The smallest absolute Gasteiger partial charge is 0.234 e. The fourth-order valence-corrected chi connectivity index (χ4v) is 3.99. The van der Waals surface area contributed by atoms with E-state index in [0.29, 0.717) is 28.2 Å². The molecular weight excluding hydrogens is 448 g/mol. The number of thioether (sulfide) groups is 1. The summed E-state index contributed by atoms with van der Waals surface area (Å²) < 4.78 is 12.8. The van der Waals surface area contributed by atoms with Gasteiger partial charge in [0.1, 0.15) is 11.5 Å². The molecular formula is C23H21ClN4O3S. The SMILES string of the molecule is COc1cccc(-c2nnc(SCC(=O)Nc3ccc(C)c(Cl)c3)n2Cc2ccco2)c1. The van der Waals surface area contributed by atoms with E-state index in [9.17, 15) is 4.79 Å². The predicted octanol–water partition coefficient (Wildman–Crippen LogP) is 5.29. The first-order chi connectivity index (χ1) is 15.5. The topological polar surface area (TPSA) is 82.2 Å². The number of hydrogen-bond acceptors (Lipinski definition) is 6. The molecule has 0 fully saturated rings. The number of carbonyl (C=O) groups excluding carboxylic acids is 1. The van der Waals surface area contributed by atoms with E-state index in [1.807, 2.05) is 60.0 Å². The number of ether oxygens (including phenoxy) is 1. The van der Waals surface area contributed by atoms with Crippen LogP contribution in [0.4, 0.5) is 5.69 Å². The second-order valence-electron chi connectivity index (χ2n) is 7.00. The van der Waals surface area contributed by atoms with Crippen molar-refractivity contribution in [1.29, 1.82) is 0 Å². The number of furan rings is 1. The Bertz CT molecular complexity index is 1220. The van der Waals surface area contributed by atoms with Gasteiger partial charge >= 0.3 is 0 Å². The zero-order valence-electron chi connectivity index (χ0n) is 17.5. The highest BCUT2D eigenvalue weighted by atomic mass is 35.5. The van der Waals surface area contributed by atoms with Crippen molar-refractivity contribution in [3.63, 3.8) is 0 Å². The molecule has 1 N–H and O–H groups in total. The van der Waals surface area contributed by atoms with E-state index >= 15 is 0 Å². The Kier molecular flexibility index (Phi) is 6.82. The Hall–Kier alpha value is -3.23. The van der Waals surface area contributed by atoms with E-state index in [1.54, 1.807) is 19.4 Å². The Morgan fingerprint density at radius 3 is 2.81 bits per heavy atom. The summed E-state index contributed by atoms with van der Waals surface area (Å²) in [7, 11) is 1.62. The van der Waals surface area contributed by atoms with Gasteiger partial charge in [-0.1, -0.05) is 41.6 Å². The summed E-state index contributed by atoms with van der Waals surface area (Å²) in [5.74, 6) is 2.15. The van der Waals surface area contributed by atoms with Gasteiger partial charge in [0.15, 0.2) is 11.0 Å². The van der Waals surface area contributed by atoms with Crippen LogP contribution < -0.4 is 10.1 Å². The van der Waals surface area contributed by atoms with Crippen LogP contribution in [0.2, 0.25) is 5.02 Å². The summed E-state index contributed by atoms with van der Waals surface area (Å²) >= 11 is 7.45. The molecule has 32 heavy (non-hydrogen) atoms. The Morgan fingerprint density at radius 2 is 2.06 bits per heavy atom. The van der Waals surface area contributed by atoms with Gasteiger partial charge in [0.05, 0.1) is 25.7 Å². The van der Waals surface area contributed by atoms with Crippen LogP contribution >= 0.6 is 23.4 Å². The molecule has 164 valence electrons. The van der Waals surface area contributed by atoms with Gasteiger partial charge in [-0.25, -0.2) is 0 Å². The van der Waals surface area contributed by atoms with Crippen LogP contribution in [0.5, 0.6) is 5.75 Å². The van der Waals surface area contributed by atoms with Gasteiger partial charge in [0.25, 0.3) is 0 Å². The lowest BCUT2D eigenvalue weighted by atomic mass is 10.2. The molecule has 2 aromatic carbocycles. The fourth-order valence-electron chi connectivity index (χ4n) is 3.07. The van der Waals surface area contributed by atoms with Crippen molar-refractivity contribution in [2.45, 2.75) is 18.6 Å². The normalized spacial score (nSPS) is 10.8. The summed E-state index contributed by atoms with van der Waals surface area (Å²) in [6.07, 6.45) is 1.62. The lowest BCUT2D eigenvalue weighted by Gasteiger charge is -2.10. The van der Waals surface area contributed by atoms with Crippen molar-refractivity contribution in [3.05, 3.63) is 77.2 Å². The number of rotatable bonds is 8. The minimum Gasteiger partial charge on any atom is -0.497 e. The maximum Gasteiger partial charge on any atom is 0.234 e. The number of anilines is 1. The monoisotopic (exact) mass is 468 g/mol. The number of nitrogens with zero attached hydrogens (tertiary/aromatic N) is 3. The van der Waals surface area contributed by atoms with Crippen molar-refractivity contribution in [3.8, 4) is 17.1 Å². The summed E-state index contributed by atoms with van der Waals surface area (Å²) in [6.45, 7) is 2.35. The van der Waals surface area contributed by atoms with Crippen molar-refractivity contribution >= 4 is 35.0 Å². The van der Waals surface area contributed by atoms with Gasteiger partial charge < -0.3 is 14.5 Å². The first kappa shape index (κ1) is 22.0. The van der Waals surface area contributed by atoms with E-state index in [1.165, 1.54) is 11.8 Å². The van der Waals surface area contributed by atoms with Gasteiger partial charge in [-0.2, -0.15) is 0 Å². The molecule has 0 bridgehead atoms. The highest BCUT2D eigenvalue weighted by Gasteiger charge is 2.17. The molecule has 0 spiro atoms. The molecule has 0 unspecified atom stereocenters. The van der Waals surface area contributed by atoms with Gasteiger partial charge in [-0.05, 0) is 48.9 Å². The van der Waals surface area contributed by atoms with E-state index in [4.69, 9.17) is 20.8 Å². The molecule has 4 rings (SSSR count). The number of aromatic nitrogens is 3. The molecule has 2 aromatic heterocycles. The molecule has 1 amide bonds. The Morgan fingerprint density at radius 1 is 1.19 bits per heavy atom. The number of benzene rings is 2. The molecule has 2 heterocycles. The first-order valence-electron chi connectivity index (χ1n) is 9.82. The van der Waals surface area contributed by atoms with E-state index < -0.39 is 0 Å². The number of methoxy groups -OCH3 is 1. The quantitative estimate of drug-likeness (QED) is 0.354. The molecule has 0 aliphatic carbocycles. The van der Waals surface area contributed by atoms with Crippen LogP contribution in [0, 0.1) is 6.92 Å². The van der Waals surface area contributed by atoms with Gasteiger partial charge in [-0.15, -0.1) is 10.2 Å². The Labute approximate surface area is 194 Å². The second-order valence-corrected chi connectivity index (χ2v) is 8.35. The zero-order valence-corrected chi connectivity index (χ0v) is 19.1. The first-order valence-corrected chi connectivity index (χ1v) is 11.2. The third-order valence-corrected chi connectivity index (χ3v) is 6.10. The van der Waals surface area contributed by atoms with E-state index in [0.717, 1.165) is 22.6 Å². The fraction of sp³-hybridized carbons (Fsp3) is 0.174. The predicted molar refractivity (Wildman–Crippen MR) is 125 cm³/mol. The average Bonchev–Trinajstić information content (AvgIpc) is 3.45. The van der Waals surface area contributed by atoms with Crippen LogP contribution in [0.25, 0.3) is 11.4 Å². The lowest BCUT2D eigenvalue weighted by molar-refractivity contribution is -0.113. The number of carbonyl (C=O) groups is 1. The highest BCUT2D eigenvalue weighted by Crippen LogP contribution is 2.28. The maximum absolute atomic E-state index is 12.5. The number of amides is 1. The third-order valence-electron chi connectivity index (χ3n) is 4.73. The molecule has 0 atom stereocenters. The number of hydrogen-bond donors (Lipinski definition) is 1. The van der Waals surface area contributed by atoms with Crippen molar-refractivity contribution in [2.24, 2.45) is 0 Å². The van der Waals surface area contributed by atoms with Crippen LogP contribution in [0.3, 0.4) is 0 Å². The van der Waals surface area contributed by atoms with E-state index in [-0.39, 0.29) is 11.7 Å². The highest BCUT2D eigenvalue weighted by molar-refractivity contribution is 7.99. The van der Waals surface area contributed by atoms with Gasteiger partial charge in [-0.3, -0.25) is 9.36 Å². The standard InChI is InChI=1S/C23H21ClN4O3S/c1-15-8-9-17(12-20(15)24)25-21(29)14-32-23-27-26-22(16-5-3-6-18(11-16)30-2)28(23)13-19-7-4-10-31-19/h3-12H,13-14H2,1-2H3,(H,25,29). The van der Waals surface area contributed by atoms with Crippen molar-refractivity contribution in [2.75, 3.05) is 18.2 Å². The zero-order chi connectivity index (χ0) is 22.5. The summed E-state index contributed by atoms with van der Waals surface area (Å²) in [6, 6.07) is 16.7. The largest absolute Gasteiger partial charge is 0.497 e. The molecule has 0 aliphatic heterocycles. The molecule has 0 saturated heterocycles. The van der Waals surface area contributed by atoms with Crippen LogP contribution in [-0.2, 0) is 11.3 Å². The number of aryl methyl sites for hydroxylation is 1. The van der Waals surface area contributed by atoms with Gasteiger partial charge in [0.2, 0.25) is 5.91 Å². The third kappa shape index (κ3) is 5.15. The van der Waals surface area contributed by atoms with Crippen LogP contribution in [0.15, 0.2) is 70.4 Å². The molecule has 7 nitrogen and oxygen atoms in total. The summed E-state index contributed by atoms with van der Waals surface area (Å²) in [4.78, 5) is 12.5. The molecule has 0 aliphatic rings. The maximum atomic E-state index is 12.5. The lowest BCUT2D eigenvalue weighted by Crippen LogP contribution is -2.15. The van der Waals surface area contributed by atoms with E-state index in [2.05, 4.69) is 15.5 Å². The molecule has 4 aromatic rings. The molecule has 9 heteroatoms. The minimum atomic E-state index is -0.162. The second kappa shape index (κ2) is 9.93.